The molecule has 0 radical (unpaired) electrons. The van der Waals surface area contributed by atoms with Gasteiger partial charge in [-0.3, -0.25) is 9.69 Å². The molecule has 2 aromatic rings. The summed E-state index contributed by atoms with van der Waals surface area (Å²) in [7, 11) is 0. The SMILES string of the molecule is CCC.CCC1CC(COCC2CCCCC2)N(Cc2ccc(C(=O)NC(CCSC)C(=O)O)c(-c3ccccc3C)c2)C1. The van der Waals surface area contributed by atoms with Crippen LogP contribution >= 0.6 is 11.8 Å². The van der Waals surface area contributed by atoms with Crippen molar-refractivity contribution in [2.45, 2.75) is 104 Å². The molecule has 2 aromatic carbocycles. The maximum absolute atomic E-state index is 13.5. The van der Waals surface area contributed by atoms with Crippen molar-refractivity contribution in [2.24, 2.45) is 11.8 Å². The Hall–Kier alpha value is -2.35. The van der Waals surface area contributed by atoms with Crippen LogP contribution in [0.4, 0.5) is 0 Å². The molecule has 1 aliphatic carbocycles. The first-order valence-corrected chi connectivity index (χ1v) is 18.2. The first-order valence-electron chi connectivity index (χ1n) is 16.8. The maximum Gasteiger partial charge on any atom is 0.326 e. The largest absolute Gasteiger partial charge is 0.480 e. The predicted molar refractivity (Wildman–Crippen MR) is 184 cm³/mol. The van der Waals surface area contributed by atoms with Crippen LogP contribution in [0.2, 0.25) is 0 Å². The Morgan fingerprint density at radius 2 is 1.75 bits per heavy atom. The molecule has 44 heavy (non-hydrogen) atoms. The Kier molecular flexibility index (Phi) is 15.8. The standard InChI is InChI=1S/C34H48N2O4S.C3H8/c1-4-25-18-28(23-40-22-26-11-6-5-7-12-26)36(20-25)21-27-14-15-30(31(19-27)29-13-9-8-10-24(29)2)33(37)35-32(34(38)39)16-17-41-3;1-3-2/h8-10,13-15,19,25-26,28,32H,4-7,11-12,16-18,20-23H2,1-3H3,(H,35,37)(H,38,39);3H2,1-2H3. The van der Waals surface area contributed by atoms with Crippen LogP contribution in [0.25, 0.3) is 11.1 Å². The van der Waals surface area contributed by atoms with E-state index in [1.807, 2.05) is 49.6 Å². The topological polar surface area (TPSA) is 78.9 Å². The highest BCUT2D eigenvalue weighted by molar-refractivity contribution is 7.98. The molecule has 1 saturated heterocycles. The molecule has 0 aromatic heterocycles. The van der Waals surface area contributed by atoms with Gasteiger partial charge < -0.3 is 15.2 Å². The van der Waals surface area contributed by atoms with E-state index in [2.05, 4.69) is 37.1 Å². The quantitative estimate of drug-likeness (QED) is 0.221. The minimum Gasteiger partial charge on any atom is -0.480 e. The number of ether oxygens (including phenoxy) is 1. The van der Waals surface area contributed by atoms with Crippen LogP contribution in [-0.4, -0.2) is 65.7 Å². The Morgan fingerprint density at radius 1 is 1.02 bits per heavy atom. The number of amides is 1. The number of carboxylic acids is 1. The molecule has 2 aliphatic rings. The van der Waals surface area contributed by atoms with Gasteiger partial charge in [-0.05, 0) is 90.8 Å². The lowest BCUT2D eigenvalue weighted by molar-refractivity contribution is -0.139. The van der Waals surface area contributed by atoms with Crippen molar-refractivity contribution >= 4 is 23.6 Å². The fourth-order valence-corrected chi connectivity index (χ4v) is 6.90. The molecule has 1 heterocycles. The van der Waals surface area contributed by atoms with Crippen LogP contribution in [0.3, 0.4) is 0 Å². The van der Waals surface area contributed by atoms with Crippen molar-refractivity contribution in [3.8, 4) is 11.1 Å². The molecule has 0 spiro atoms. The summed E-state index contributed by atoms with van der Waals surface area (Å²) in [4.78, 5) is 27.9. The minimum absolute atomic E-state index is 0.343. The molecule has 3 unspecified atom stereocenters. The zero-order valence-electron chi connectivity index (χ0n) is 27.8. The average Bonchev–Trinajstić information content (AvgIpc) is 3.41. The number of aryl methyl sites for hydroxylation is 1. The van der Waals surface area contributed by atoms with Gasteiger partial charge in [0.2, 0.25) is 0 Å². The molecule has 2 fully saturated rings. The van der Waals surface area contributed by atoms with Gasteiger partial charge in [0.15, 0.2) is 0 Å². The Balaban J connectivity index is 0.00000169. The Labute approximate surface area is 270 Å². The van der Waals surface area contributed by atoms with Gasteiger partial charge in [-0.1, -0.05) is 83.2 Å². The number of carboxylic acid groups (broad SMARTS) is 1. The highest BCUT2D eigenvalue weighted by Crippen LogP contribution is 2.32. The molecule has 244 valence electrons. The van der Waals surface area contributed by atoms with Gasteiger partial charge in [0.1, 0.15) is 6.04 Å². The van der Waals surface area contributed by atoms with Crippen LogP contribution in [0.1, 0.15) is 100 Å². The molecular weight excluding hydrogens is 568 g/mol. The number of nitrogens with one attached hydrogen (secondary N) is 1. The second-order valence-corrected chi connectivity index (χ2v) is 13.7. The third-order valence-corrected chi connectivity index (χ3v) is 9.59. The van der Waals surface area contributed by atoms with Gasteiger partial charge >= 0.3 is 5.97 Å². The number of carbonyl (C=O) groups is 2. The third kappa shape index (κ3) is 10.9. The second kappa shape index (κ2) is 19.2. The van der Waals surface area contributed by atoms with E-state index in [4.69, 9.17) is 4.74 Å². The number of benzene rings is 2. The van der Waals surface area contributed by atoms with E-state index in [1.165, 1.54) is 51.4 Å². The fourth-order valence-electron chi connectivity index (χ4n) is 6.43. The summed E-state index contributed by atoms with van der Waals surface area (Å²) in [6.07, 6.45) is 12.6. The maximum atomic E-state index is 13.5. The number of likely N-dealkylation sites (tertiary alicyclic amines) is 1. The monoisotopic (exact) mass is 624 g/mol. The van der Waals surface area contributed by atoms with Gasteiger partial charge in [0.25, 0.3) is 5.91 Å². The van der Waals surface area contributed by atoms with Crippen molar-refractivity contribution in [1.82, 2.24) is 10.2 Å². The van der Waals surface area contributed by atoms with E-state index < -0.39 is 12.0 Å². The zero-order chi connectivity index (χ0) is 31.9. The number of carbonyl (C=O) groups excluding carboxylic acids is 1. The van der Waals surface area contributed by atoms with Crippen molar-refractivity contribution in [1.29, 1.82) is 0 Å². The number of aliphatic carboxylic acids is 1. The normalized spacial score (nSPS) is 19.7. The molecule has 2 N–H and O–H groups in total. The first kappa shape index (κ1) is 36.1. The smallest absolute Gasteiger partial charge is 0.326 e. The van der Waals surface area contributed by atoms with Crippen molar-refractivity contribution in [2.75, 3.05) is 31.8 Å². The van der Waals surface area contributed by atoms with Gasteiger partial charge in [0, 0.05) is 31.3 Å². The molecule has 1 saturated carbocycles. The molecule has 1 amide bonds. The summed E-state index contributed by atoms with van der Waals surface area (Å²) in [6, 6.07) is 13.6. The highest BCUT2D eigenvalue weighted by Gasteiger charge is 2.32. The summed E-state index contributed by atoms with van der Waals surface area (Å²) in [5.74, 6) is 0.717. The highest BCUT2D eigenvalue weighted by atomic mass is 32.2. The molecule has 4 rings (SSSR count). The second-order valence-electron chi connectivity index (χ2n) is 12.7. The first-order chi connectivity index (χ1) is 21.3. The molecular formula is C37H56N2O4S. The number of rotatable bonds is 14. The van der Waals surface area contributed by atoms with Crippen LogP contribution in [-0.2, 0) is 16.1 Å². The van der Waals surface area contributed by atoms with E-state index in [9.17, 15) is 14.7 Å². The lowest BCUT2D eigenvalue weighted by Gasteiger charge is -2.27. The van der Waals surface area contributed by atoms with E-state index >= 15 is 0 Å². The van der Waals surface area contributed by atoms with Crippen LogP contribution in [0.5, 0.6) is 0 Å². The Bertz CT molecular complexity index is 1170. The fraction of sp³-hybridized carbons (Fsp3) is 0.622. The Morgan fingerprint density at radius 3 is 2.41 bits per heavy atom. The zero-order valence-corrected chi connectivity index (χ0v) is 28.6. The van der Waals surface area contributed by atoms with E-state index in [1.54, 1.807) is 11.8 Å². The number of hydrogen-bond acceptors (Lipinski definition) is 5. The van der Waals surface area contributed by atoms with Crippen LogP contribution in [0.15, 0.2) is 42.5 Å². The summed E-state index contributed by atoms with van der Waals surface area (Å²) in [6.45, 7) is 12.1. The molecule has 0 bridgehead atoms. The van der Waals surface area contributed by atoms with Gasteiger partial charge in [-0.25, -0.2) is 4.79 Å². The summed E-state index contributed by atoms with van der Waals surface area (Å²) in [5, 5.41) is 12.5. The average molecular weight is 625 g/mol. The number of thioether (sulfide) groups is 1. The van der Waals surface area contributed by atoms with Gasteiger partial charge in [0.05, 0.1) is 6.61 Å². The summed E-state index contributed by atoms with van der Waals surface area (Å²) in [5.41, 5.74) is 4.60. The number of nitrogens with zero attached hydrogens (tertiary/aromatic N) is 1. The number of hydrogen-bond donors (Lipinski definition) is 2. The molecule has 7 heteroatoms. The van der Waals surface area contributed by atoms with E-state index in [-0.39, 0.29) is 5.91 Å². The minimum atomic E-state index is -1.00. The van der Waals surface area contributed by atoms with Crippen molar-refractivity contribution in [3.63, 3.8) is 0 Å². The van der Waals surface area contributed by atoms with Crippen LogP contribution < -0.4 is 5.32 Å². The van der Waals surface area contributed by atoms with Crippen molar-refractivity contribution < 1.29 is 19.4 Å². The lowest BCUT2D eigenvalue weighted by atomic mass is 9.90. The van der Waals surface area contributed by atoms with Crippen LogP contribution in [0, 0.1) is 18.8 Å². The van der Waals surface area contributed by atoms with E-state index in [0.717, 1.165) is 54.5 Å². The van der Waals surface area contributed by atoms with Gasteiger partial charge in [-0.2, -0.15) is 11.8 Å². The molecule has 3 atom stereocenters. The lowest BCUT2D eigenvalue weighted by Crippen LogP contribution is -2.41. The van der Waals surface area contributed by atoms with Crippen molar-refractivity contribution in [3.05, 3.63) is 59.2 Å². The third-order valence-electron chi connectivity index (χ3n) is 8.94. The summed E-state index contributed by atoms with van der Waals surface area (Å²) < 4.78 is 6.32. The van der Waals surface area contributed by atoms with Gasteiger partial charge in [-0.15, -0.1) is 0 Å². The van der Waals surface area contributed by atoms with E-state index in [0.29, 0.717) is 29.7 Å². The molecule has 1 aliphatic heterocycles. The molecule has 6 nitrogen and oxygen atoms in total. The summed E-state index contributed by atoms with van der Waals surface area (Å²) >= 11 is 1.57. The predicted octanol–water partition coefficient (Wildman–Crippen LogP) is 8.21.